The lowest BCUT2D eigenvalue weighted by Gasteiger charge is -2.07. The Labute approximate surface area is 123 Å². The van der Waals surface area contributed by atoms with Crippen molar-refractivity contribution in [3.63, 3.8) is 0 Å². The molecule has 0 bridgehead atoms. The maximum Gasteiger partial charge on any atom is 0.433 e. The zero-order valence-corrected chi connectivity index (χ0v) is 12.0. The number of alkyl halides is 3. The van der Waals surface area contributed by atoms with Crippen LogP contribution in [0, 0.1) is 0 Å². The molecule has 2 rings (SSSR count). The third kappa shape index (κ3) is 3.38. The van der Waals surface area contributed by atoms with Crippen LogP contribution in [0.1, 0.15) is 16.2 Å². The number of carbonyl (C=O) groups is 1. The summed E-state index contributed by atoms with van der Waals surface area (Å²) in [6, 6.07) is 7.76. The summed E-state index contributed by atoms with van der Waals surface area (Å²) in [4.78, 5) is 12.8. The molecule has 8 heteroatoms. The number of hydrogen-bond donors (Lipinski definition) is 1. The fourth-order valence-corrected chi connectivity index (χ4v) is 2.33. The molecule has 0 radical (unpaired) electrons. The Morgan fingerprint density at radius 1 is 1.33 bits per heavy atom. The first-order valence-corrected chi connectivity index (χ1v) is 7.11. The van der Waals surface area contributed by atoms with Gasteiger partial charge < -0.3 is 5.32 Å². The Hall–Kier alpha value is -1.96. The lowest BCUT2D eigenvalue weighted by molar-refractivity contribution is -0.143. The molecule has 0 aliphatic carbocycles. The van der Waals surface area contributed by atoms with Crippen molar-refractivity contribution in [1.82, 2.24) is 9.78 Å². The van der Waals surface area contributed by atoms with E-state index in [0.717, 1.165) is 18.0 Å². The third-order valence-electron chi connectivity index (χ3n) is 2.76. The van der Waals surface area contributed by atoms with Gasteiger partial charge in [-0.2, -0.15) is 18.3 Å². The highest BCUT2D eigenvalue weighted by Crippen LogP contribution is 2.30. The minimum absolute atomic E-state index is 0.277. The van der Waals surface area contributed by atoms with Crippen molar-refractivity contribution in [3.8, 4) is 0 Å². The summed E-state index contributed by atoms with van der Waals surface area (Å²) in [7, 11) is 1.15. The van der Waals surface area contributed by atoms with Gasteiger partial charge in [0.1, 0.15) is 5.69 Å². The molecule has 0 aliphatic heterocycles. The van der Waals surface area contributed by atoms with Crippen molar-refractivity contribution in [2.24, 2.45) is 7.05 Å². The van der Waals surface area contributed by atoms with Crippen molar-refractivity contribution in [3.05, 3.63) is 41.7 Å². The normalized spacial score (nSPS) is 11.5. The summed E-state index contributed by atoms with van der Waals surface area (Å²) in [6.45, 7) is 0. The molecule has 1 heterocycles. The smallest absolute Gasteiger partial charge is 0.320 e. The number of nitrogens with one attached hydrogen (secondary N) is 1. The van der Waals surface area contributed by atoms with Gasteiger partial charge in [-0.05, 0) is 18.4 Å². The molecule has 2 aromatic rings. The zero-order chi connectivity index (χ0) is 15.6. The van der Waals surface area contributed by atoms with Gasteiger partial charge in [0, 0.05) is 18.0 Å². The van der Waals surface area contributed by atoms with Gasteiger partial charge in [-0.25, -0.2) is 0 Å². The standard InChI is InChI=1S/C13H12F3N3OS/c1-19-11(13(14,15)16)7-9(18-19)12(20)17-8-5-3-4-6-10(8)21-2/h3-7H,1-2H3,(H,17,20). The Morgan fingerprint density at radius 2 is 2.00 bits per heavy atom. The second kappa shape index (κ2) is 5.80. The van der Waals surface area contributed by atoms with E-state index >= 15 is 0 Å². The molecule has 112 valence electrons. The van der Waals surface area contributed by atoms with Gasteiger partial charge >= 0.3 is 6.18 Å². The molecule has 4 nitrogen and oxygen atoms in total. The Balaban J connectivity index is 2.25. The fourth-order valence-electron chi connectivity index (χ4n) is 1.78. The van der Waals surface area contributed by atoms with Crippen LogP contribution in [0.25, 0.3) is 0 Å². The second-order valence-electron chi connectivity index (χ2n) is 4.19. The van der Waals surface area contributed by atoms with Gasteiger partial charge in [-0.15, -0.1) is 11.8 Å². The zero-order valence-electron chi connectivity index (χ0n) is 11.2. The average Bonchev–Trinajstić information content (AvgIpc) is 2.81. The highest BCUT2D eigenvalue weighted by Gasteiger charge is 2.35. The van der Waals surface area contributed by atoms with Crippen LogP contribution >= 0.6 is 11.8 Å². The Bertz CT molecular complexity index is 667. The molecule has 0 fully saturated rings. The van der Waals surface area contributed by atoms with E-state index < -0.39 is 17.8 Å². The maximum absolute atomic E-state index is 12.7. The van der Waals surface area contributed by atoms with Crippen LogP contribution in [0.5, 0.6) is 0 Å². The molecule has 0 atom stereocenters. The third-order valence-corrected chi connectivity index (χ3v) is 3.55. The van der Waals surface area contributed by atoms with E-state index in [2.05, 4.69) is 10.4 Å². The molecule has 0 spiro atoms. The van der Waals surface area contributed by atoms with Crippen molar-refractivity contribution < 1.29 is 18.0 Å². The maximum atomic E-state index is 12.7. The van der Waals surface area contributed by atoms with Crippen LogP contribution in [-0.4, -0.2) is 21.9 Å². The monoisotopic (exact) mass is 315 g/mol. The number of benzene rings is 1. The first-order chi connectivity index (χ1) is 9.82. The number of aryl methyl sites for hydroxylation is 1. The number of carbonyl (C=O) groups excluding carboxylic acids is 1. The van der Waals surface area contributed by atoms with Gasteiger partial charge in [0.05, 0.1) is 5.69 Å². The second-order valence-corrected chi connectivity index (χ2v) is 5.04. The van der Waals surface area contributed by atoms with E-state index in [9.17, 15) is 18.0 Å². The predicted octanol–water partition coefficient (Wildman–Crippen LogP) is 3.41. The Morgan fingerprint density at radius 3 is 2.57 bits per heavy atom. The lowest BCUT2D eigenvalue weighted by Crippen LogP contribution is -2.13. The summed E-state index contributed by atoms with van der Waals surface area (Å²) in [5.74, 6) is -0.678. The van der Waals surface area contributed by atoms with Crippen molar-refractivity contribution in [2.75, 3.05) is 11.6 Å². The number of hydrogen-bond acceptors (Lipinski definition) is 3. The van der Waals surface area contributed by atoms with Crippen molar-refractivity contribution >= 4 is 23.4 Å². The average molecular weight is 315 g/mol. The minimum Gasteiger partial charge on any atom is -0.320 e. The summed E-state index contributed by atoms with van der Waals surface area (Å²) < 4.78 is 38.7. The minimum atomic E-state index is -4.54. The van der Waals surface area contributed by atoms with Crippen LogP contribution in [0.2, 0.25) is 0 Å². The molecule has 0 unspecified atom stereocenters. The summed E-state index contributed by atoms with van der Waals surface area (Å²) >= 11 is 1.42. The topological polar surface area (TPSA) is 46.9 Å². The number of amides is 1. The van der Waals surface area contributed by atoms with Gasteiger partial charge in [0.2, 0.25) is 0 Å². The SMILES string of the molecule is CSc1ccccc1NC(=O)c1cc(C(F)(F)F)n(C)n1. The molecular weight excluding hydrogens is 303 g/mol. The van der Waals surface area contributed by atoms with Crippen LogP contribution < -0.4 is 5.32 Å². The number of halogens is 3. The molecule has 1 aromatic heterocycles. The van der Waals surface area contributed by atoms with Gasteiger partial charge in [-0.3, -0.25) is 9.48 Å². The molecule has 1 amide bonds. The summed E-state index contributed by atoms with van der Waals surface area (Å²) in [5.41, 5.74) is -0.708. The van der Waals surface area contributed by atoms with Crippen LogP contribution in [-0.2, 0) is 13.2 Å². The van der Waals surface area contributed by atoms with Gasteiger partial charge in [-0.1, -0.05) is 12.1 Å². The molecule has 0 saturated heterocycles. The lowest BCUT2D eigenvalue weighted by atomic mass is 10.3. The van der Waals surface area contributed by atoms with E-state index in [4.69, 9.17) is 0 Å². The van der Waals surface area contributed by atoms with E-state index in [0.29, 0.717) is 10.4 Å². The Kier molecular flexibility index (Phi) is 4.26. The molecule has 0 aliphatic rings. The molecule has 1 N–H and O–H groups in total. The van der Waals surface area contributed by atoms with E-state index in [1.165, 1.54) is 11.8 Å². The first kappa shape index (κ1) is 15.4. The summed E-state index contributed by atoms with van der Waals surface area (Å²) in [6.07, 6.45) is -2.70. The molecule has 1 aromatic carbocycles. The van der Waals surface area contributed by atoms with Gasteiger partial charge in [0.25, 0.3) is 5.91 Å². The van der Waals surface area contributed by atoms with E-state index in [1.54, 1.807) is 18.2 Å². The van der Waals surface area contributed by atoms with Crippen LogP contribution in [0.15, 0.2) is 35.2 Å². The number of nitrogens with zero attached hydrogens (tertiary/aromatic N) is 2. The largest absolute Gasteiger partial charge is 0.433 e. The quantitative estimate of drug-likeness (QED) is 0.883. The van der Waals surface area contributed by atoms with Crippen LogP contribution in [0.4, 0.5) is 18.9 Å². The first-order valence-electron chi connectivity index (χ1n) is 5.88. The van der Waals surface area contributed by atoms with E-state index in [-0.39, 0.29) is 5.69 Å². The highest BCUT2D eigenvalue weighted by molar-refractivity contribution is 7.98. The van der Waals surface area contributed by atoms with Crippen LogP contribution in [0.3, 0.4) is 0 Å². The molecule has 0 saturated carbocycles. The van der Waals surface area contributed by atoms with Gasteiger partial charge in [0.15, 0.2) is 5.69 Å². The number of aromatic nitrogens is 2. The van der Waals surface area contributed by atoms with Crippen molar-refractivity contribution in [1.29, 1.82) is 0 Å². The number of rotatable bonds is 3. The predicted molar refractivity (Wildman–Crippen MR) is 74.4 cm³/mol. The number of para-hydroxylation sites is 1. The molecule has 21 heavy (non-hydrogen) atoms. The van der Waals surface area contributed by atoms with E-state index in [1.807, 2.05) is 12.3 Å². The summed E-state index contributed by atoms with van der Waals surface area (Å²) in [5, 5.41) is 6.17. The molecular formula is C13H12F3N3OS. The van der Waals surface area contributed by atoms with Crippen molar-refractivity contribution in [2.45, 2.75) is 11.1 Å². The number of anilines is 1. The highest BCUT2D eigenvalue weighted by atomic mass is 32.2. The number of thioether (sulfide) groups is 1. The fraction of sp³-hybridized carbons (Fsp3) is 0.231.